The van der Waals surface area contributed by atoms with Gasteiger partial charge in [0.15, 0.2) is 0 Å². The molecule has 1 saturated heterocycles. The second-order valence-corrected chi connectivity index (χ2v) is 3.92. The first-order chi connectivity index (χ1) is 4.01. The third-order valence-electron chi connectivity index (χ3n) is 1.17. The molecule has 0 aromatic carbocycles. The van der Waals surface area contributed by atoms with E-state index in [0.29, 0.717) is 0 Å². The van der Waals surface area contributed by atoms with Gasteiger partial charge in [-0.05, 0) is 0 Å². The van der Waals surface area contributed by atoms with Crippen LogP contribution in [0.2, 0.25) is 0 Å². The lowest BCUT2D eigenvalue weighted by molar-refractivity contribution is -0.121. The number of hydrogen-bond donors (Lipinski definition) is 1. The van der Waals surface area contributed by atoms with E-state index in [-0.39, 0.29) is 11.7 Å². The predicted octanol–water partition coefficient (Wildman–Crippen LogP) is -0.918. The quantitative estimate of drug-likeness (QED) is 0.484. The second kappa shape index (κ2) is 1.70. The topological polar surface area (TPSA) is 63.2 Å². The Labute approximate surface area is 53.3 Å². The van der Waals surface area contributed by atoms with Gasteiger partial charge in [0.2, 0.25) is 15.9 Å². The molecule has 1 atom stereocenters. The van der Waals surface area contributed by atoms with Crippen LogP contribution in [0.3, 0.4) is 0 Å². The van der Waals surface area contributed by atoms with Crippen LogP contribution in [-0.2, 0) is 14.8 Å². The van der Waals surface area contributed by atoms with Crippen molar-refractivity contribution in [1.82, 2.24) is 4.72 Å². The molecule has 4 nitrogen and oxygen atoms in total. The molecule has 9 heavy (non-hydrogen) atoms. The van der Waals surface area contributed by atoms with Crippen molar-refractivity contribution in [3.8, 4) is 0 Å². The van der Waals surface area contributed by atoms with Crippen LogP contribution in [0.4, 0.5) is 0 Å². The van der Waals surface area contributed by atoms with Crippen LogP contribution in [0.5, 0.6) is 0 Å². The molecule has 1 N–H and O–H groups in total. The zero-order valence-corrected chi connectivity index (χ0v) is 5.73. The Morgan fingerprint density at radius 3 is 2.33 bits per heavy atom. The van der Waals surface area contributed by atoms with Crippen LogP contribution in [-0.4, -0.2) is 20.1 Å². The molecular formula is C4H7NO3S. The monoisotopic (exact) mass is 149 g/mol. The van der Waals surface area contributed by atoms with Crippen LogP contribution in [0, 0.1) is 5.92 Å². The molecule has 0 aromatic heterocycles. The lowest BCUT2D eigenvalue weighted by Crippen LogP contribution is -2.21. The van der Waals surface area contributed by atoms with Gasteiger partial charge >= 0.3 is 0 Å². The summed E-state index contributed by atoms with van der Waals surface area (Å²) in [5.41, 5.74) is 0. The zero-order valence-electron chi connectivity index (χ0n) is 4.92. The highest BCUT2D eigenvalue weighted by molar-refractivity contribution is 7.90. The van der Waals surface area contributed by atoms with Crippen molar-refractivity contribution in [2.24, 2.45) is 5.92 Å². The van der Waals surface area contributed by atoms with Gasteiger partial charge in [-0.1, -0.05) is 6.92 Å². The maximum absolute atomic E-state index is 10.5. The van der Waals surface area contributed by atoms with Gasteiger partial charge in [0.25, 0.3) is 0 Å². The van der Waals surface area contributed by atoms with E-state index in [2.05, 4.69) is 0 Å². The molecule has 0 bridgehead atoms. The molecule has 0 spiro atoms. The average molecular weight is 149 g/mol. The van der Waals surface area contributed by atoms with Crippen LogP contribution in [0.1, 0.15) is 6.92 Å². The van der Waals surface area contributed by atoms with Crippen molar-refractivity contribution in [2.45, 2.75) is 6.92 Å². The highest BCUT2D eigenvalue weighted by Crippen LogP contribution is 2.07. The lowest BCUT2D eigenvalue weighted by Gasteiger charge is -1.87. The fourth-order valence-electron chi connectivity index (χ4n) is 0.700. The van der Waals surface area contributed by atoms with Gasteiger partial charge in [-0.25, -0.2) is 8.42 Å². The normalized spacial score (nSPS) is 32.1. The van der Waals surface area contributed by atoms with Gasteiger partial charge < -0.3 is 0 Å². The van der Waals surface area contributed by atoms with Gasteiger partial charge in [-0.2, -0.15) is 0 Å². The van der Waals surface area contributed by atoms with Gasteiger partial charge in [0.05, 0.1) is 11.7 Å². The summed E-state index contributed by atoms with van der Waals surface area (Å²) < 4.78 is 22.9. The smallest absolute Gasteiger partial charge is 0.237 e. The summed E-state index contributed by atoms with van der Waals surface area (Å²) in [6.45, 7) is 1.58. The highest BCUT2D eigenvalue weighted by atomic mass is 32.2. The number of carbonyl (C=O) groups is 1. The molecule has 0 aromatic rings. The van der Waals surface area contributed by atoms with Gasteiger partial charge in [0.1, 0.15) is 0 Å². The molecule has 0 radical (unpaired) electrons. The van der Waals surface area contributed by atoms with E-state index >= 15 is 0 Å². The highest BCUT2D eigenvalue weighted by Gasteiger charge is 2.31. The fraction of sp³-hybridized carbons (Fsp3) is 0.750. The summed E-state index contributed by atoms with van der Waals surface area (Å²) in [5.74, 6) is -0.837. The van der Waals surface area contributed by atoms with Crippen molar-refractivity contribution in [2.75, 3.05) is 5.75 Å². The standard InChI is InChI=1S/C4H7NO3S/c1-3-2-9(7,8)5-4(3)6/h3H,2H2,1H3,(H,5,6)/t3-/m1/s1. The molecule has 52 valence electrons. The molecule has 0 aliphatic carbocycles. The number of rotatable bonds is 0. The maximum atomic E-state index is 10.5. The number of hydrogen-bond acceptors (Lipinski definition) is 3. The van der Waals surface area contributed by atoms with E-state index in [9.17, 15) is 13.2 Å². The minimum atomic E-state index is -3.24. The Kier molecular flexibility index (Phi) is 1.23. The van der Waals surface area contributed by atoms with Crippen LogP contribution in [0.15, 0.2) is 0 Å². The Morgan fingerprint density at radius 1 is 1.67 bits per heavy atom. The van der Waals surface area contributed by atoms with Crippen molar-refractivity contribution in [3.05, 3.63) is 0 Å². The summed E-state index contributed by atoms with van der Waals surface area (Å²) in [5, 5.41) is 0. The molecule has 1 fully saturated rings. The third-order valence-corrected chi connectivity index (χ3v) is 2.62. The lowest BCUT2D eigenvalue weighted by atomic mass is 10.2. The van der Waals surface area contributed by atoms with Gasteiger partial charge in [-0.3, -0.25) is 9.52 Å². The Bertz CT molecular complexity index is 230. The first-order valence-electron chi connectivity index (χ1n) is 2.55. The number of sulfonamides is 1. The van der Waals surface area contributed by atoms with E-state index in [4.69, 9.17) is 0 Å². The van der Waals surface area contributed by atoms with E-state index in [1.165, 1.54) is 0 Å². The Hall–Kier alpha value is -0.580. The van der Waals surface area contributed by atoms with E-state index in [0.717, 1.165) is 0 Å². The van der Waals surface area contributed by atoms with E-state index in [1.54, 1.807) is 6.92 Å². The molecule has 1 rings (SSSR count). The molecule has 0 unspecified atom stereocenters. The van der Waals surface area contributed by atoms with Crippen LogP contribution < -0.4 is 4.72 Å². The first-order valence-corrected chi connectivity index (χ1v) is 4.21. The Morgan fingerprint density at radius 2 is 2.22 bits per heavy atom. The molecule has 1 aliphatic rings. The second-order valence-electron chi connectivity index (χ2n) is 2.15. The number of nitrogens with one attached hydrogen (secondary N) is 1. The molecular weight excluding hydrogens is 142 g/mol. The van der Waals surface area contributed by atoms with Crippen molar-refractivity contribution in [3.63, 3.8) is 0 Å². The SMILES string of the molecule is C[C@@H]1CS(=O)(=O)NC1=O. The van der Waals surface area contributed by atoms with Crippen molar-refractivity contribution in [1.29, 1.82) is 0 Å². The summed E-state index contributed by atoms with van der Waals surface area (Å²) >= 11 is 0. The van der Waals surface area contributed by atoms with Crippen molar-refractivity contribution >= 4 is 15.9 Å². The minimum absolute atomic E-state index is 0.0637. The molecule has 0 saturated carbocycles. The number of amides is 1. The number of carbonyl (C=O) groups excluding carboxylic acids is 1. The summed E-state index contributed by atoms with van der Waals surface area (Å²) in [6.07, 6.45) is 0. The zero-order chi connectivity index (χ0) is 7.07. The summed E-state index contributed by atoms with van der Waals surface area (Å²) in [6, 6.07) is 0. The largest absolute Gasteiger partial charge is 0.274 e. The Balaban J connectivity index is 2.90. The molecule has 5 heteroatoms. The van der Waals surface area contributed by atoms with Crippen LogP contribution in [0.25, 0.3) is 0 Å². The molecule has 1 aliphatic heterocycles. The first kappa shape index (κ1) is 6.54. The van der Waals surface area contributed by atoms with Crippen LogP contribution >= 0.6 is 0 Å². The molecule has 1 heterocycles. The van der Waals surface area contributed by atoms with E-state index < -0.39 is 15.9 Å². The third kappa shape index (κ3) is 1.21. The van der Waals surface area contributed by atoms with E-state index in [1.807, 2.05) is 4.72 Å². The van der Waals surface area contributed by atoms with Gasteiger partial charge in [-0.15, -0.1) is 0 Å². The summed E-state index contributed by atoms with van der Waals surface area (Å²) in [7, 11) is -3.24. The van der Waals surface area contributed by atoms with Crippen molar-refractivity contribution < 1.29 is 13.2 Å². The fourth-order valence-corrected chi connectivity index (χ4v) is 2.10. The maximum Gasteiger partial charge on any atom is 0.237 e. The predicted molar refractivity (Wildman–Crippen MR) is 31.1 cm³/mol. The van der Waals surface area contributed by atoms with Gasteiger partial charge in [0, 0.05) is 0 Å². The minimum Gasteiger partial charge on any atom is -0.274 e. The average Bonchev–Trinajstić information content (AvgIpc) is 1.79. The molecule has 1 amide bonds. The summed E-state index contributed by atoms with van der Waals surface area (Å²) in [4.78, 5) is 10.5.